The lowest BCUT2D eigenvalue weighted by atomic mass is 9.49. The second kappa shape index (κ2) is 7.80. The SMILES string of the molecule is COCCn1cc(C2CCC(F)(F)CC2)sc1=NC(=O)C12CC3CC(CC(C3)C1)C2. The van der Waals surface area contributed by atoms with Gasteiger partial charge < -0.3 is 9.30 Å². The van der Waals surface area contributed by atoms with Crippen LogP contribution in [0.15, 0.2) is 11.2 Å². The number of carbonyl (C=O) groups is 1. The highest BCUT2D eigenvalue weighted by atomic mass is 32.1. The zero-order valence-corrected chi connectivity index (χ0v) is 18.6. The Labute approximate surface area is 180 Å². The fraction of sp³-hybridized carbons (Fsp3) is 0.826. The van der Waals surface area contributed by atoms with Gasteiger partial charge in [0.2, 0.25) is 5.92 Å². The van der Waals surface area contributed by atoms with Crippen molar-refractivity contribution in [3.8, 4) is 0 Å². The van der Waals surface area contributed by atoms with Gasteiger partial charge in [-0.05, 0) is 75.0 Å². The maximum absolute atomic E-state index is 13.6. The Morgan fingerprint density at radius 2 is 1.77 bits per heavy atom. The van der Waals surface area contributed by atoms with Crippen LogP contribution in [0.5, 0.6) is 0 Å². The van der Waals surface area contributed by atoms with Crippen LogP contribution in [0.3, 0.4) is 0 Å². The molecule has 1 amide bonds. The van der Waals surface area contributed by atoms with Gasteiger partial charge in [-0.15, -0.1) is 11.3 Å². The second-order valence-electron chi connectivity index (χ2n) is 10.3. The Morgan fingerprint density at radius 1 is 1.17 bits per heavy atom. The molecule has 0 saturated heterocycles. The molecule has 0 aliphatic heterocycles. The summed E-state index contributed by atoms with van der Waals surface area (Å²) in [6.45, 7) is 1.17. The normalized spacial score (nSPS) is 35.8. The lowest BCUT2D eigenvalue weighted by molar-refractivity contribution is -0.142. The van der Waals surface area contributed by atoms with Crippen molar-refractivity contribution in [1.29, 1.82) is 0 Å². The van der Waals surface area contributed by atoms with Crippen molar-refractivity contribution in [1.82, 2.24) is 4.57 Å². The Morgan fingerprint density at radius 3 is 2.33 bits per heavy atom. The molecule has 1 aromatic rings. The second-order valence-corrected chi connectivity index (χ2v) is 11.4. The lowest BCUT2D eigenvalue weighted by Gasteiger charge is -2.55. The minimum atomic E-state index is -2.53. The van der Waals surface area contributed by atoms with Gasteiger partial charge in [0.25, 0.3) is 5.91 Å². The number of hydrogen-bond donors (Lipinski definition) is 0. The van der Waals surface area contributed by atoms with Gasteiger partial charge in [0.05, 0.1) is 12.0 Å². The first-order valence-corrected chi connectivity index (χ1v) is 12.3. The van der Waals surface area contributed by atoms with Crippen LogP contribution in [0.4, 0.5) is 8.78 Å². The molecule has 4 nitrogen and oxygen atoms in total. The zero-order chi connectivity index (χ0) is 20.9. The number of carbonyl (C=O) groups excluding carboxylic acids is 1. The van der Waals surface area contributed by atoms with Crippen LogP contribution < -0.4 is 4.80 Å². The highest BCUT2D eigenvalue weighted by Gasteiger charge is 2.54. The van der Waals surface area contributed by atoms with Crippen LogP contribution in [0, 0.1) is 23.2 Å². The van der Waals surface area contributed by atoms with Gasteiger partial charge in [-0.1, -0.05) is 0 Å². The first-order valence-electron chi connectivity index (χ1n) is 11.5. The van der Waals surface area contributed by atoms with Crippen LogP contribution in [-0.4, -0.2) is 30.1 Å². The number of ether oxygens (including phenoxy) is 1. The van der Waals surface area contributed by atoms with Gasteiger partial charge >= 0.3 is 0 Å². The predicted octanol–water partition coefficient (Wildman–Crippen LogP) is 5.13. The summed E-state index contributed by atoms with van der Waals surface area (Å²) in [5.41, 5.74) is -0.245. The molecular formula is C23H32F2N2O2S. The molecule has 5 fully saturated rings. The maximum atomic E-state index is 13.6. The fourth-order valence-corrected chi connectivity index (χ4v) is 8.11. The van der Waals surface area contributed by atoms with E-state index in [2.05, 4.69) is 4.99 Å². The standard InChI is InChI=1S/C23H32F2N2O2S/c1-29-7-6-27-14-19(18-2-4-23(24,25)5-3-18)30-21(27)26-20(28)22-11-15-8-16(12-22)10-17(9-15)13-22/h14-18H,2-13H2,1H3. The molecule has 0 spiro atoms. The van der Waals surface area contributed by atoms with Crippen molar-refractivity contribution in [2.45, 2.75) is 82.6 Å². The summed E-state index contributed by atoms with van der Waals surface area (Å²) in [5.74, 6) is -0.198. The summed E-state index contributed by atoms with van der Waals surface area (Å²) in [6.07, 6.45) is 9.87. The summed E-state index contributed by atoms with van der Waals surface area (Å²) < 4.78 is 34.4. The third-order valence-electron chi connectivity index (χ3n) is 8.08. The summed E-state index contributed by atoms with van der Waals surface area (Å²) in [4.78, 5) is 19.9. The Hall–Kier alpha value is -1.08. The number of halogens is 2. The number of aromatic nitrogens is 1. The largest absolute Gasteiger partial charge is 0.383 e. The van der Waals surface area contributed by atoms with E-state index in [1.807, 2.05) is 10.8 Å². The van der Waals surface area contributed by atoms with E-state index in [-0.39, 0.29) is 30.1 Å². The molecule has 1 heterocycles. The molecule has 5 saturated carbocycles. The van der Waals surface area contributed by atoms with Crippen molar-refractivity contribution in [2.24, 2.45) is 28.2 Å². The van der Waals surface area contributed by atoms with Crippen LogP contribution in [-0.2, 0) is 16.1 Å². The number of alkyl halides is 2. The summed E-state index contributed by atoms with van der Waals surface area (Å²) in [5, 5.41) is 0. The van der Waals surface area contributed by atoms with Gasteiger partial charge in [0.1, 0.15) is 0 Å². The van der Waals surface area contributed by atoms with Crippen molar-refractivity contribution in [3.05, 3.63) is 15.9 Å². The van der Waals surface area contributed by atoms with Gasteiger partial charge in [0.15, 0.2) is 4.80 Å². The number of methoxy groups -OCH3 is 1. The molecule has 0 atom stereocenters. The minimum absolute atomic E-state index is 0.0493. The number of hydrogen-bond acceptors (Lipinski definition) is 3. The highest BCUT2D eigenvalue weighted by Crippen LogP contribution is 2.60. The molecule has 0 N–H and O–H groups in total. The lowest BCUT2D eigenvalue weighted by Crippen LogP contribution is -2.50. The van der Waals surface area contributed by atoms with Crippen LogP contribution >= 0.6 is 11.3 Å². The monoisotopic (exact) mass is 438 g/mol. The van der Waals surface area contributed by atoms with E-state index in [4.69, 9.17) is 4.74 Å². The fourth-order valence-electron chi connectivity index (χ4n) is 6.93. The smallest absolute Gasteiger partial charge is 0.254 e. The van der Waals surface area contributed by atoms with Crippen molar-refractivity contribution in [3.63, 3.8) is 0 Å². The number of amides is 1. The zero-order valence-electron chi connectivity index (χ0n) is 17.7. The molecular weight excluding hydrogens is 406 g/mol. The topological polar surface area (TPSA) is 43.6 Å². The third kappa shape index (κ3) is 3.92. The Kier molecular flexibility index (Phi) is 5.41. The maximum Gasteiger partial charge on any atom is 0.254 e. The average Bonchev–Trinajstić information content (AvgIpc) is 3.07. The van der Waals surface area contributed by atoms with E-state index in [0.717, 1.165) is 28.9 Å². The molecule has 7 heteroatoms. The van der Waals surface area contributed by atoms with E-state index in [0.29, 0.717) is 43.7 Å². The molecule has 166 valence electrons. The molecule has 6 rings (SSSR count). The van der Waals surface area contributed by atoms with Gasteiger partial charge in [0, 0.05) is 37.6 Å². The van der Waals surface area contributed by atoms with Crippen molar-refractivity contribution in [2.75, 3.05) is 13.7 Å². The molecule has 0 unspecified atom stereocenters. The van der Waals surface area contributed by atoms with Gasteiger partial charge in [-0.25, -0.2) is 8.78 Å². The molecule has 0 radical (unpaired) electrons. The summed E-state index contributed by atoms with van der Waals surface area (Å²) in [6, 6.07) is 0. The summed E-state index contributed by atoms with van der Waals surface area (Å²) >= 11 is 1.52. The predicted molar refractivity (Wildman–Crippen MR) is 112 cm³/mol. The quantitative estimate of drug-likeness (QED) is 0.639. The van der Waals surface area contributed by atoms with E-state index in [9.17, 15) is 13.6 Å². The first kappa shape index (κ1) is 20.8. The van der Waals surface area contributed by atoms with Crippen LogP contribution in [0.25, 0.3) is 0 Å². The highest BCUT2D eigenvalue weighted by molar-refractivity contribution is 7.09. The minimum Gasteiger partial charge on any atom is -0.383 e. The van der Waals surface area contributed by atoms with Crippen molar-refractivity contribution < 1.29 is 18.3 Å². The average molecular weight is 439 g/mol. The molecule has 4 bridgehead atoms. The molecule has 0 aromatic carbocycles. The van der Waals surface area contributed by atoms with Gasteiger partial charge in [-0.2, -0.15) is 4.99 Å². The number of nitrogens with zero attached hydrogens (tertiary/aromatic N) is 2. The van der Waals surface area contributed by atoms with Gasteiger partial charge in [-0.3, -0.25) is 4.79 Å². The molecule has 5 aliphatic carbocycles. The Bertz CT molecular complexity index is 830. The molecule has 30 heavy (non-hydrogen) atoms. The van der Waals surface area contributed by atoms with Crippen molar-refractivity contribution >= 4 is 17.2 Å². The summed E-state index contributed by atoms with van der Waals surface area (Å²) in [7, 11) is 1.66. The third-order valence-corrected chi connectivity index (χ3v) is 9.27. The van der Waals surface area contributed by atoms with E-state index < -0.39 is 5.92 Å². The van der Waals surface area contributed by atoms with E-state index in [1.165, 1.54) is 30.6 Å². The number of thiazole rings is 1. The van der Waals surface area contributed by atoms with E-state index in [1.54, 1.807) is 7.11 Å². The van der Waals surface area contributed by atoms with Crippen LogP contribution in [0.2, 0.25) is 0 Å². The molecule has 1 aromatic heterocycles. The first-order chi connectivity index (χ1) is 14.4. The number of rotatable bonds is 5. The Balaban J connectivity index is 1.42. The van der Waals surface area contributed by atoms with E-state index >= 15 is 0 Å². The van der Waals surface area contributed by atoms with Crippen LogP contribution in [0.1, 0.15) is 75.0 Å². The molecule has 5 aliphatic rings.